The third kappa shape index (κ3) is 3.85. The van der Waals surface area contributed by atoms with E-state index in [2.05, 4.69) is 5.32 Å². The minimum Gasteiger partial charge on any atom is -0.328 e. The fraction of sp³-hybridized carbons (Fsp3) is 0.417. The van der Waals surface area contributed by atoms with E-state index in [4.69, 9.17) is 5.73 Å². The highest BCUT2D eigenvalue weighted by Gasteiger charge is 2.20. The van der Waals surface area contributed by atoms with Gasteiger partial charge in [-0.1, -0.05) is 0 Å². The first kappa shape index (κ1) is 14.7. The Morgan fingerprint density at radius 2 is 1.83 bits per heavy atom. The van der Waals surface area contributed by atoms with Crippen LogP contribution in [0, 0.1) is 5.82 Å². The second-order valence-electron chi connectivity index (χ2n) is 4.26. The third-order valence-corrected chi connectivity index (χ3v) is 2.92. The van der Waals surface area contributed by atoms with Gasteiger partial charge in [0.15, 0.2) is 0 Å². The van der Waals surface area contributed by atoms with Crippen LogP contribution in [0.1, 0.15) is 12.8 Å². The molecule has 4 nitrogen and oxygen atoms in total. The highest BCUT2D eigenvalue weighted by molar-refractivity contribution is 5.89. The Bertz CT molecular complexity index is 391. The van der Waals surface area contributed by atoms with Crippen LogP contribution in [0.5, 0.6) is 0 Å². The molecule has 2 amide bonds. The van der Waals surface area contributed by atoms with Gasteiger partial charge in [0.05, 0.1) is 0 Å². The number of amides is 2. The molecule has 2 rings (SSSR count). The molecule has 3 N–H and O–H groups in total. The van der Waals surface area contributed by atoms with Crippen molar-refractivity contribution in [2.24, 2.45) is 5.73 Å². The fourth-order valence-corrected chi connectivity index (χ4v) is 1.84. The molecular formula is C12H17ClFN3O. The van der Waals surface area contributed by atoms with Crippen molar-refractivity contribution >= 4 is 24.1 Å². The number of nitrogens with zero attached hydrogens (tertiary/aromatic N) is 1. The third-order valence-electron chi connectivity index (χ3n) is 2.92. The summed E-state index contributed by atoms with van der Waals surface area (Å²) in [7, 11) is 0. The van der Waals surface area contributed by atoms with Crippen molar-refractivity contribution in [2.75, 3.05) is 18.4 Å². The molecule has 0 aliphatic carbocycles. The highest BCUT2D eigenvalue weighted by Crippen LogP contribution is 2.12. The van der Waals surface area contributed by atoms with Crippen LogP contribution in [0.4, 0.5) is 14.9 Å². The minimum atomic E-state index is -0.313. The number of piperidine rings is 1. The molecule has 0 saturated carbocycles. The Morgan fingerprint density at radius 1 is 1.28 bits per heavy atom. The van der Waals surface area contributed by atoms with E-state index in [0.29, 0.717) is 18.8 Å². The molecule has 0 aromatic heterocycles. The Kier molecular flexibility index (Phi) is 5.37. The Balaban J connectivity index is 0.00000162. The van der Waals surface area contributed by atoms with Gasteiger partial charge in [-0.3, -0.25) is 0 Å². The van der Waals surface area contributed by atoms with E-state index < -0.39 is 0 Å². The number of urea groups is 1. The summed E-state index contributed by atoms with van der Waals surface area (Å²) in [5.41, 5.74) is 6.37. The van der Waals surface area contributed by atoms with Gasteiger partial charge in [-0.15, -0.1) is 12.4 Å². The highest BCUT2D eigenvalue weighted by atomic mass is 35.5. The number of nitrogens with two attached hydrogens (primary N) is 1. The van der Waals surface area contributed by atoms with E-state index in [-0.39, 0.29) is 30.3 Å². The lowest BCUT2D eigenvalue weighted by atomic mass is 10.1. The monoisotopic (exact) mass is 273 g/mol. The molecule has 18 heavy (non-hydrogen) atoms. The number of anilines is 1. The van der Waals surface area contributed by atoms with Crippen LogP contribution < -0.4 is 11.1 Å². The standard InChI is InChI=1S/C12H16FN3O.ClH/c13-9-1-3-11(4-2-9)15-12(17)16-7-5-10(14)6-8-16;/h1-4,10H,5-8,14H2,(H,15,17);1H. The van der Waals surface area contributed by atoms with Crippen molar-refractivity contribution in [2.45, 2.75) is 18.9 Å². The number of halogens is 2. The fourth-order valence-electron chi connectivity index (χ4n) is 1.84. The lowest BCUT2D eigenvalue weighted by Crippen LogP contribution is -2.44. The molecule has 1 aromatic rings. The minimum absolute atomic E-state index is 0. The molecule has 0 bridgehead atoms. The molecule has 1 heterocycles. The number of rotatable bonds is 1. The van der Waals surface area contributed by atoms with Crippen molar-refractivity contribution < 1.29 is 9.18 Å². The Hall–Kier alpha value is -1.33. The van der Waals surface area contributed by atoms with Crippen LogP contribution >= 0.6 is 12.4 Å². The summed E-state index contributed by atoms with van der Waals surface area (Å²) in [6.07, 6.45) is 1.66. The first-order valence-corrected chi connectivity index (χ1v) is 5.72. The average molecular weight is 274 g/mol. The first-order valence-electron chi connectivity index (χ1n) is 5.72. The van der Waals surface area contributed by atoms with Gasteiger partial charge in [0, 0.05) is 24.8 Å². The average Bonchev–Trinajstić information content (AvgIpc) is 2.33. The summed E-state index contributed by atoms with van der Waals surface area (Å²) in [6, 6.07) is 5.78. The molecule has 0 radical (unpaired) electrons. The van der Waals surface area contributed by atoms with Crippen molar-refractivity contribution in [3.63, 3.8) is 0 Å². The zero-order chi connectivity index (χ0) is 12.3. The van der Waals surface area contributed by atoms with Crippen molar-refractivity contribution in [3.8, 4) is 0 Å². The number of carbonyl (C=O) groups is 1. The maximum atomic E-state index is 12.7. The number of hydrogen-bond donors (Lipinski definition) is 2. The number of likely N-dealkylation sites (tertiary alicyclic amines) is 1. The van der Waals surface area contributed by atoms with E-state index in [1.807, 2.05) is 0 Å². The molecule has 1 aliphatic rings. The van der Waals surface area contributed by atoms with E-state index in [1.165, 1.54) is 12.1 Å². The van der Waals surface area contributed by atoms with Crippen molar-refractivity contribution in [1.29, 1.82) is 0 Å². The summed E-state index contributed by atoms with van der Waals surface area (Å²) < 4.78 is 12.7. The quantitative estimate of drug-likeness (QED) is 0.824. The summed E-state index contributed by atoms with van der Waals surface area (Å²) in [4.78, 5) is 13.6. The van der Waals surface area contributed by atoms with Gasteiger partial charge in [0.25, 0.3) is 0 Å². The number of hydrogen-bond acceptors (Lipinski definition) is 2. The largest absolute Gasteiger partial charge is 0.328 e. The summed E-state index contributed by atoms with van der Waals surface area (Å²) in [5.74, 6) is -0.313. The molecule has 100 valence electrons. The second-order valence-corrected chi connectivity index (χ2v) is 4.26. The summed E-state index contributed by atoms with van der Waals surface area (Å²) >= 11 is 0. The van der Waals surface area contributed by atoms with Gasteiger partial charge in [-0.2, -0.15) is 0 Å². The normalized spacial score (nSPS) is 16.0. The van der Waals surface area contributed by atoms with Gasteiger partial charge in [-0.05, 0) is 37.1 Å². The molecule has 0 unspecified atom stereocenters. The van der Waals surface area contributed by atoms with Crippen LogP contribution in [0.25, 0.3) is 0 Å². The number of benzene rings is 1. The van der Waals surface area contributed by atoms with E-state index in [9.17, 15) is 9.18 Å². The Labute approximate surface area is 112 Å². The maximum Gasteiger partial charge on any atom is 0.321 e. The smallest absolute Gasteiger partial charge is 0.321 e. The number of carbonyl (C=O) groups excluding carboxylic acids is 1. The van der Waals surface area contributed by atoms with E-state index in [0.717, 1.165) is 12.8 Å². The lowest BCUT2D eigenvalue weighted by Gasteiger charge is -2.30. The maximum absolute atomic E-state index is 12.7. The molecule has 0 spiro atoms. The van der Waals surface area contributed by atoms with Crippen LogP contribution in [0.2, 0.25) is 0 Å². The van der Waals surface area contributed by atoms with E-state index >= 15 is 0 Å². The molecule has 1 aliphatic heterocycles. The van der Waals surface area contributed by atoms with Crippen molar-refractivity contribution in [3.05, 3.63) is 30.1 Å². The molecule has 1 saturated heterocycles. The topological polar surface area (TPSA) is 58.4 Å². The predicted molar refractivity (Wildman–Crippen MR) is 71.4 cm³/mol. The SMILES string of the molecule is Cl.NC1CCN(C(=O)Nc2ccc(F)cc2)CC1. The summed E-state index contributed by atoms with van der Waals surface area (Å²) in [6.45, 7) is 1.35. The first-order chi connectivity index (χ1) is 8.15. The zero-order valence-electron chi connectivity index (χ0n) is 9.93. The van der Waals surface area contributed by atoms with Gasteiger partial charge in [0.1, 0.15) is 5.82 Å². The van der Waals surface area contributed by atoms with Gasteiger partial charge in [0.2, 0.25) is 0 Å². The van der Waals surface area contributed by atoms with Crippen LogP contribution in [-0.2, 0) is 0 Å². The second kappa shape index (κ2) is 6.56. The molecule has 1 aromatic carbocycles. The van der Waals surface area contributed by atoms with E-state index in [1.54, 1.807) is 17.0 Å². The predicted octanol–water partition coefficient (Wildman–Crippen LogP) is 2.20. The van der Waals surface area contributed by atoms with Gasteiger partial charge >= 0.3 is 6.03 Å². The molecule has 1 fully saturated rings. The van der Waals surface area contributed by atoms with Crippen LogP contribution in [-0.4, -0.2) is 30.1 Å². The molecule has 6 heteroatoms. The van der Waals surface area contributed by atoms with Crippen molar-refractivity contribution in [1.82, 2.24) is 4.90 Å². The van der Waals surface area contributed by atoms with Crippen LogP contribution in [0.3, 0.4) is 0 Å². The van der Waals surface area contributed by atoms with Crippen LogP contribution in [0.15, 0.2) is 24.3 Å². The lowest BCUT2D eigenvalue weighted by molar-refractivity contribution is 0.195. The number of nitrogens with one attached hydrogen (secondary N) is 1. The molecular weight excluding hydrogens is 257 g/mol. The van der Waals surface area contributed by atoms with Gasteiger partial charge < -0.3 is 16.0 Å². The zero-order valence-corrected chi connectivity index (χ0v) is 10.8. The molecule has 0 atom stereocenters. The Morgan fingerprint density at radius 3 is 2.39 bits per heavy atom. The van der Waals surface area contributed by atoms with Gasteiger partial charge in [-0.25, -0.2) is 9.18 Å². The summed E-state index contributed by atoms with van der Waals surface area (Å²) in [5, 5.41) is 2.73.